The molecule has 1 atom stereocenters. The molecule has 0 saturated carbocycles. The molecule has 1 saturated heterocycles. The van der Waals surface area contributed by atoms with Crippen molar-refractivity contribution >= 4 is 17.3 Å². The molecule has 6 heteroatoms. The lowest BCUT2D eigenvalue weighted by atomic mass is 10.1. The zero-order valence-electron chi connectivity index (χ0n) is 15.7. The summed E-state index contributed by atoms with van der Waals surface area (Å²) in [5, 5.41) is 4.15. The number of benzene rings is 2. The molecule has 3 aromatic rings. The van der Waals surface area contributed by atoms with Crippen LogP contribution in [0.2, 0.25) is 0 Å². The van der Waals surface area contributed by atoms with Crippen LogP contribution in [0.3, 0.4) is 0 Å². The lowest BCUT2D eigenvalue weighted by Gasteiger charge is -2.16. The van der Waals surface area contributed by atoms with Crippen molar-refractivity contribution < 1.29 is 9.32 Å². The maximum atomic E-state index is 12.5. The smallest absolute Gasteiger partial charge is 0.258 e. The molecule has 1 fully saturated rings. The fourth-order valence-corrected chi connectivity index (χ4v) is 3.29. The van der Waals surface area contributed by atoms with Gasteiger partial charge in [-0.1, -0.05) is 28.9 Å². The van der Waals surface area contributed by atoms with E-state index in [1.165, 1.54) is 5.56 Å². The Morgan fingerprint density at radius 3 is 2.67 bits per heavy atom. The van der Waals surface area contributed by atoms with Gasteiger partial charge in [-0.05, 0) is 37.3 Å². The van der Waals surface area contributed by atoms with E-state index < -0.39 is 0 Å². The van der Waals surface area contributed by atoms with Crippen molar-refractivity contribution in [1.29, 1.82) is 0 Å². The van der Waals surface area contributed by atoms with Crippen LogP contribution in [-0.4, -0.2) is 36.7 Å². The van der Waals surface area contributed by atoms with Gasteiger partial charge in [0.2, 0.25) is 5.91 Å². The lowest BCUT2D eigenvalue weighted by molar-refractivity contribution is -0.117. The molecule has 0 unspecified atom stereocenters. The summed E-state index contributed by atoms with van der Waals surface area (Å²) in [4.78, 5) is 20.9. The number of carbonyl (C=O) groups excluding carboxylic acids is 1. The van der Waals surface area contributed by atoms with Crippen molar-refractivity contribution in [1.82, 2.24) is 10.1 Å². The lowest BCUT2D eigenvalue weighted by Crippen LogP contribution is -2.24. The van der Waals surface area contributed by atoms with E-state index >= 15 is 0 Å². The molecule has 1 amide bonds. The summed E-state index contributed by atoms with van der Waals surface area (Å²) in [5.74, 6) is 1.09. The van der Waals surface area contributed by atoms with E-state index in [1.807, 2.05) is 74.4 Å². The Hall–Kier alpha value is -3.15. The number of rotatable bonds is 4. The van der Waals surface area contributed by atoms with Crippen LogP contribution in [0.4, 0.5) is 11.4 Å². The molecule has 27 heavy (non-hydrogen) atoms. The molecule has 6 nitrogen and oxygen atoms in total. The van der Waals surface area contributed by atoms with Crippen LogP contribution >= 0.6 is 0 Å². The van der Waals surface area contributed by atoms with Crippen LogP contribution in [0, 0.1) is 6.92 Å². The predicted octanol–water partition coefficient (Wildman–Crippen LogP) is 3.63. The number of aromatic nitrogens is 2. The van der Waals surface area contributed by atoms with Gasteiger partial charge in [0, 0.05) is 49.9 Å². The molecule has 1 aliphatic heterocycles. The molecule has 0 spiro atoms. The number of aryl methyl sites for hydroxylation is 1. The van der Waals surface area contributed by atoms with E-state index in [4.69, 9.17) is 4.52 Å². The summed E-state index contributed by atoms with van der Waals surface area (Å²) < 4.78 is 5.48. The molecule has 1 aliphatic rings. The SMILES string of the molecule is Cc1ccc(N2C[C@@H](c3noc(-c4cccc(N(C)C)c4)n3)CC2=O)cc1. The molecule has 1 aromatic heterocycles. The third-order valence-electron chi connectivity index (χ3n) is 4.89. The first-order chi connectivity index (χ1) is 13.0. The van der Waals surface area contributed by atoms with E-state index in [0.29, 0.717) is 24.7 Å². The third-order valence-corrected chi connectivity index (χ3v) is 4.89. The molecule has 138 valence electrons. The van der Waals surface area contributed by atoms with Gasteiger partial charge in [-0.25, -0.2) is 0 Å². The van der Waals surface area contributed by atoms with Gasteiger partial charge in [0.1, 0.15) is 0 Å². The van der Waals surface area contributed by atoms with Crippen LogP contribution in [0.25, 0.3) is 11.5 Å². The average Bonchev–Trinajstić information content (AvgIpc) is 3.29. The van der Waals surface area contributed by atoms with Gasteiger partial charge >= 0.3 is 0 Å². The highest BCUT2D eigenvalue weighted by Gasteiger charge is 2.34. The van der Waals surface area contributed by atoms with E-state index in [1.54, 1.807) is 4.90 Å². The van der Waals surface area contributed by atoms with Gasteiger partial charge in [0.25, 0.3) is 5.89 Å². The number of hydrogen-bond acceptors (Lipinski definition) is 5. The molecule has 0 radical (unpaired) electrons. The minimum atomic E-state index is -0.0617. The second-order valence-electron chi connectivity index (χ2n) is 7.14. The van der Waals surface area contributed by atoms with Gasteiger partial charge in [0.05, 0.1) is 0 Å². The van der Waals surface area contributed by atoms with Crippen molar-refractivity contribution in [2.24, 2.45) is 0 Å². The predicted molar refractivity (Wildman–Crippen MR) is 105 cm³/mol. The highest BCUT2D eigenvalue weighted by molar-refractivity contribution is 5.96. The number of amides is 1. The minimum Gasteiger partial charge on any atom is -0.378 e. The highest BCUT2D eigenvalue weighted by atomic mass is 16.5. The molecule has 0 aliphatic carbocycles. The number of anilines is 2. The second-order valence-corrected chi connectivity index (χ2v) is 7.14. The zero-order chi connectivity index (χ0) is 19.0. The van der Waals surface area contributed by atoms with Crippen molar-refractivity contribution in [3.05, 3.63) is 59.9 Å². The highest BCUT2D eigenvalue weighted by Crippen LogP contribution is 2.32. The molecule has 2 heterocycles. The summed E-state index contributed by atoms with van der Waals surface area (Å²) in [6, 6.07) is 15.9. The maximum Gasteiger partial charge on any atom is 0.258 e. The van der Waals surface area contributed by atoms with E-state index in [-0.39, 0.29) is 11.8 Å². The first-order valence-corrected chi connectivity index (χ1v) is 8.99. The van der Waals surface area contributed by atoms with Gasteiger partial charge < -0.3 is 14.3 Å². The van der Waals surface area contributed by atoms with Gasteiger partial charge in [0.15, 0.2) is 5.82 Å². The Bertz CT molecular complexity index is 962. The molecular formula is C21H22N4O2. The van der Waals surface area contributed by atoms with Crippen molar-refractivity contribution in [3.63, 3.8) is 0 Å². The number of carbonyl (C=O) groups is 1. The summed E-state index contributed by atoms with van der Waals surface area (Å²) in [5.41, 5.74) is 4.02. The standard InChI is InChI=1S/C21H22N4O2/c1-14-7-9-17(10-8-14)25-13-16(12-19(25)26)20-22-21(27-23-20)15-5-4-6-18(11-15)24(2)3/h4-11,16H,12-13H2,1-3H3/t16-/m0/s1. The monoisotopic (exact) mass is 362 g/mol. The van der Waals surface area contributed by atoms with Gasteiger partial charge in [-0.2, -0.15) is 4.98 Å². The van der Waals surface area contributed by atoms with E-state index in [0.717, 1.165) is 16.9 Å². The average molecular weight is 362 g/mol. The van der Waals surface area contributed by atoms with Crippen LogP contribution in [0.5, 0.6) is 0 Å². The Balaban J connectivity index is 1.54. The summed E-state index contributed by atoms with van der Waals surface area (Å²) in [6.45, 7) is 2.60. The third kappa shape index (κ3) is 3.43. The minimum absolute atomic E-state index is 0.0617. The van der Waals surface area contributed by atoms with Crippen LogP contribution in [-0.2, 0) is 4.79 Å². The van der Waals surface area contributed by atoms with E-state index in [2.05, 4.69) is 10.1 Å². The van der Waals surface area contributed by atoms with Crippen LogP contribution in [0.15, 0.2) is 53.1 Å². The van der Waals surface area contributed by atoms with Crippen LogP contribution < -0.4 is 9.80 Å². The molecule has 0 bridgehead atoms. The van der Waals surface area contributed by atoms with Crippen molar-refractivity contribution in [2.45, 2.75) is 19.3 Å². The van der Waals surface area contributed by atoms with Gasteiger partial charge in [-0.15, -0.1) is 0 Å². The normalized spacial score (nSPS) is 16.8. The maximum absolute atomic E-state index is 12.5. The number of hydrogen-bond donors (Lipinski definition) is 0. The quantitative estimate of drug-likeness (QED) is 0.709. The Morgan fingerprint density at radius 2 is 1.93 bits per heavy atom. The van der Waals surface area contributed by atoms with Gasteiger partial charge in [-0.3, -0.25) is 4.79 Å². The Labute approximate surface area is 158 Å². The largest absolute Gasteiger partial charge is 0.378 e. The first kappa shape index (κ1) is 17.3. The first-order valence-electron chi connectivity index (χ1n) is 8.99. The van der Waals surface area contributed by atoms with Crippen molar-refractivity contribution in [3.8, 4) is 11.5 Å². The molecule has 2 aromatic carbocycles. The topological polar surface area (TPSA) is 62.5 Å². The Morgan fingerprint density at radius 1 is 1.15 bits per heavy atom. The fraction of sp³-hybridized carbons (Fsp3) is 0.286. The molecule has 0 N–H and O–H groups in total. The summed E-state index contributed by atoms with van der Waals surface area (Å²) >= 11 is 0. The second kappa shape index (κ2) is 6.87. The molecule has 4 rings (SSSR count). The zero-order valence-corrected chi connectivity index (χ0v) is 15.7. The summed E-state index contributed by atoms with van der Waals surface area (Å²) in [7, 11) is 3.98. The summed E-state index contributed by atoms with van der Waals surface area (Å²) in [6.07, 6.45) is 0.393. The Kier molecular flexibility index (Phi) is 4.39. The fourth-order valence-electron chi connectivity index (χ4n) is 3.29. The molecular weight excluding hydrogens is 340 g/mol. The van der Waals surface area contributed by atoms with Crippen LogP contribution in [0.1, 0.15) is 23.7 Å². The number of nitrogens with zero attached hydrogens (tertiary/aromatic N) is 4. The van der Waals surface area contributed by atoms with Crippen molar-refractivity contribution in [2.75, 3.05) is 30.4 Å². The van der Waals surface area contributed by atoms with E-state index in [9.17, 15) is 4.79 Å².